The first-order valence-electron chi connectivity index (χ1n) is 11.0. The van der Waals surface area contributed by atoms with Gasteiger partial charge in [-0.2, -0.15) is 0 Å². The predicted molar refractivity (Wildman–Crippen MR) is 133 cm³/mol. The van der Waals surface area contributed by atoms with Crippen molar-refractivity contribution in [1.29, 1.82) is 0 Å². The van der Waals surface area contributed by atoms with Gasteiger partial charge in [-0.25, -0.2) is 0 Å². The van der Waals surface area contributed by atoms with Gasteiger partial charge in [-0.3, -0.25) is 9.59 Å². The average molecular weight is 457 g/mol. The van der Waals surface area contributed by atoms with Gasteiger partial charge in [-0.15, -0.1) is 11.8 Å². The molecule has 0 aliphatic heterocycles. The Morgan fingerprint density at radius 3 is 2.16 bits per heavy atom. The van der Waals surface area contributed by atoms with E-state index in [-0.39, 0.29) is 17.4 Å². The maximum absolute atomic E-state index is 13.3. The van der Waals surface area contributed by atoms with Crippen LogP contribution < -0.4 is 10.1 Å². The molecular weight excluding hydrogens is 420 g/mol. The molecule has 5 nitrogen and oxygen atoms in total. The third-order valence-electron chi connectivity index (χ3n) is 5.01. The molecule has 0 aromatic heterocycles. The molecule has 0 unspecified atom stereocenters. The summed E-state index contributed by atoms with van der Waals surface area (Å²) in [6.07, 6.45) is 0.548. The first-order valence-corrected chi connectivity index (χ1v) is 12.2. The van der Waals surface area contributed by atoms with E-state index in [1.165, 1.54) is 11.1 Å². The monoisotopic (exact) mass is 456 g/mol. The molecule has 0 bridgehead atoms. The molecule has 0 saturated carbocycles. The van der Waals surface area contributed by atoms with E-state index in [2.05, 4.69) is 36.5 Å². The van der Waals surface area contributed by atoms with Crippen LogP contribution in [0.4, 0.5) is 0 Å². The summed E-state index contributed by atoms with van der Waals surface area (Å²) in [5.74, 6) is 1.69. The second kappa shape index (κ2) is 12.0. The Labute approximate surface area is 196 Å². The van der Waals surface area contributed by atoms with Crippen LogP contribution in [0.2, 0.25) is 0 Å². The molecule has 2 rings (SSSR count). The summed E-state index contributed by atoms with van der Waals surface area (Å²) in [6.45, 7) is 10.2. The number of hydrogen-bond acceptors (Lipinski definition) is 4. The first kappa shape index (κ1) is 25.8. The molecule has 2 aromatic carbocycles. The van der Waals surface area contributed by atoms with Gasteiger partial charge < -0.3 is 15.0 Å². The lowest BCUT2D eigenvalue weighted by Crippen LogP contribution is -2.53. The van der Waals surface area contributed by atoms with Gasteiger partial charge in [0.1, 0.15) is 11.8 Å². The first-order chi connectivity index (χ1) is 15.1. The zero-order chi connectivity index (χ0) is 23.7. The molecule has 0 radical (unpaired) electrons. The van der Waals surface area contributed by atoms with Crippen LogP contribution in [0.3, 0.4) is 0 Å². The van der Waals surface area contributed by atoms with Gasteiger partial charge in [0.25, 0.3) is 0 Å². The maximum atomic E-state index is 13.3. The highest BCUT2D eigenvalue weighted by Gasteiger charge is 2.30. The quantitative estimate of drug-likeness (QED) is 0.549. The van der Waals surface area contributed by atoms with Crippen molar-refractivity contribution in [3.05, 3.63) is 65.2 Å². The van der Waals surface area contributed by atoms with Crippen molar-refractivity contribution in [3.8, 4) is 5.75 Å². The molecule has 0 saturated heterocycles. The number of amides is 2. The summed E-state index contributed by atoms with van der Waals surface area (Å²) in [4.78, 5) is 28.0. The third kappa shape index (κ3) is 8.23. The molecule has 0 aliphatic carbocycles. The van der Waals surface area contributed by atoms with Gasteiger partial charge in [0.05, 0.1) is 12.9 Å². The minimum absolute atomic E-state index is 0.0335. The van der Waals surface area contributed by atoms with E-state index < -0.39 is 6.04 Å². The van der Waals surface area contributed by atoms with Gasteiger partial charge >= 0.3 is 0 Å². The average Bonchev–Trinajstić information content (AvgIpc) is 2.74. The molecule has 0 heterocycles. The van der Waals surface area contributed by atoms with Crippen molar-refractivity contribution in [2.75, 3.05) is 12.9 Å². The maximum Gasteiger partial charge on any atom is 0.243 e. The van der Waals surface area contributed by atoms with Crippen LogP contribution in [0.15, 0.2) is 48.5 Å². The molecule has 2 amide bonds. The number of nitrogens with zero attached hydrogens (tertiary/aromatic N) is 1. The number of thioether (sulfide) groups is 1. The number of aryl methyl sites for hydroxylation is 1. The summed E-state index contributed by atoms with van der Waals surface area (Å²) in [6, 6.07) is 15.4. The lowest BCUT2D eigenvalue weighted by Gasteiger charge is -2.33. The number of carbonyl (C=O) groups excluding carboxylic acids is 2. The van der Waals surface area contributed by atoms with Crippen LogP contribution in [0, 0.1) is 6.92 Å². The van der Waals surface area contributed by atoms with E-state index >= 15 is 0 Å². The Bertz CT molecular complexity index is 873. The Balaban J connectivity index is 2.15. The van der Waals surface area contributed by atoms with Gasteiger partial charge in [-0.05, 0) is 57.4 Å². The number of ether oxygens (including phenoxy) is 1. The fourth-order valence-corrected chi connectivity index (χ4v) is 4.19. The Hall–Kier alpha value is -2.47. The molecule has 0 spiro atoms. The third-order valence-corrected chi connectivity index (χ3v) is 6.00. The molecule has 174 valence electrons. The zero-order valence-corrected chi connectivity index (χ0v) is 20.9. The summed E-state index contributed by atoms with van der Waals surface area (Å²) in [5, 5.41) is 3.04. The van der Waals surface area contributed by atoms with Gasteiger partial charge in [-0.1, -0.05) is 48.9 Å². The fourth-order valence-electron chi connectivity index (χ4n) is 3.32. The second-order valence-corrected chi connectivity index (χ2v) is 10.00. The van der Waals surface area contributed by atoms with Crippen molar-refractivity contribution in [3.63, 3.8) is 0 Å². The minimum Gasteiger partial charge on any atom is -0.497 e. The molecule has 1 N–H and O–H groups in total. The number of carbonyl (C=O) groups is 2. The number of hydrogen-bond donors (Lipinski definition) is 1. The highest BCUT2D eigenvalue weighted by atomic mass is 32.2. The number of methoxy groups -OCH3 is 1. The molecule has 1 atom stereocenters. The Morgan fingerprint density at radius 1 is 1.03 bits per heavy atom. The predicted octanol–water partition coefficient (Wildman–Crippen LogP) is 4.96. The van der Waals surface area contributed by atoms with Gasteiger partial charge in [0.2, 0.25) is 11.8 Å². The summed E-state index contributed by atoms with van der Waals surface area (Å²) in [5.41, 5.74) is 3.01. The molecule has 6 heteroatoms. The van der Waals surface area contributed by atoms with Crippen molar-refractivity contribution in [2.45, 2.75) is 64.9 Å². The number of rotatable bonds is 10. The normalized spacial score (nSPS) is 12.2. The van der Waals surface area contributed by atoms with Crippen LogP contribution >= 0.6 is 11.8 Å². The van der Waals surface area contributed by atoms with E-state index in [1.807, 2.05) is 52.0 Å². The van der Waals surface area contributed by atoms with Crippen LogP contribution in [0.25, 0.3) is 0 Å². The Kier molecular flexibility index (Phi) is 9.63. The molecular formula is C26H36N2O3S. The van der Waals surface area contributed by atoms with Crippen molar-refractivity contribution >= 4 is 23.6 Å². The SMILES string of the molecule is CC[C@H](C(=O)NC(C)(C)C)N(Cc1ccc(OC)cc1)C(=O)CSCc1ccc(C)cc1. The Morgan fingerprint density at radius 2 is 1.62 bits per heavy atom. The lowest BCUT2D eigenvalue weighted by molar-refractivity contribution is -0.140. The van der Waals surface area contributed by atoms with Crippen molar-refractivity contribution < 1.29 is 14.3 Å². The van der Waals surface area contributed by atoms with E-state index in [0.29, 0.717) is 18.7 Å². The smallest absolute Gasteiger partial charge is 0.243 e. The van der Waals surface area contributed by atoms with Crippen LogP contribution in [0.1, 0.15) is 50.8 Å². The number of benzene rings is 2. The van der Waals surface area contributed by atoms with Crippen molar-refractivity contribution in [1.82, 2.24) is 10.2 Å². The highest BCUT2D eigenvalue weighted by Crippen LogP contribution is 2.19. The van der Waals surface area contributed by atoms with E-state index in [0.717, 1.165) is 17.1 Å². The van der Waals surface area contributed by atoms with Crippen LogP contribution in [-0.2, 0) is 21.9 Å². The van der Waals surface area contributed by atoms with E-state index in [4.69, 9.17) is 4.74 Å². The fraction of sp³-hybridized carbons (Fsp3) is 0.462. The number of nitrogens with one attached hydrogen (secondary N) is 1. The van der Waals surface area contributed by atoms with Crippen molar-refractivity contribution in [2.24, 2.45) is 0 Å². The zero-order valence-electron chi connectivity index (χ0n) is 20.1. The van der Waals surface area contributed by atoms with E-state index in [1.54, 1.807) is 23.8 Å². The molecule has 0 aliphatic rings. The summed E-state index contributed by atoms with van der Waals surface area (Å²) < 4.78 is 5.24. The topological polar surface area (TPSA) is 58.6 Å². The van der Waals surface area contributed by atoms with Gasteiger partial charge in [0, 0.05) is 17.8 Å². The summed E-state index contributed by atoms with van der Waals surface area (Å²) >= 11 is 1.58. The lowest BCUT2D eigenvalue weighted by atomic mass is 10.1. The van der Waals surface area contributed by atoms with Gasteiger partial charge in [0.15, 0.2) is 0 Å². The highest BCUT2D eigenvalue weighted by molar-refractivity contribution is 7.99. The molecule has 2 aromatic rings. The largest absolute Gasteiger partial charge is 0.497 e. The van der Waals surface area contributed by atoms with E-state index in [9.17, 15) is 9.59 Å². The second-order valence-electron chi connectivity index (χ2n) is 9.01. The molecule has 0 fully saturated rings. The summed E-state index contributed by atoms with van der Waals surface area (Å²) in [7, 11) is 1.63. The standard InChI is InChI=1S/C26H36N2O3S/c1-7-23(25(30)27-26(3,4)5)28(16-20-12-14-22(31-6)15-13-20)24(29)18-32-17-21-10-8-19(2)9-11-21/h8-15,23H,7,16-18H2,1-6H3,(H,27,30)/t23-/m1/s1. The minimum atomic E-state index is -0.524. The van der Waals surface area contributed by atoms with Crippen LogP contribution in [-0.4, -0.2) is 41.2 Å². The van der Waals surface area contributed by atoms with Crippen LogP contribution in [0.5, 0.6) is 5.75 Å². The molecule has 32 heavy (non-hydrogen) atoms.